The third-order valence-electron chi connectivity index (χ3n) is 3.37. The van der Waals surface area contributed by atoms with Crippen LogP contribution in [0.3, 0.4) is 0 Å². The van der Waals surface area contributed by atoms with Crippen LogP contribution in [0.4, 0.5) is 0 Å². The van der Waals surface area contributed by atoms with Crippen LogP contribution in [0, 0.1) is 23.7 Å². The van der Waals surface area contributed by atoms with E-state index in [4.69, 9.17) is 0 Å². The van der Waals surface area contributed by atoms with Gasteiger partial charge in [0.1, 0.15) is 0 Å². The lowest BCUT2D eigenvalue weighted by Gasteiger charge is -1.93. The molecule has 0 unspecified atom stereocenters. The van der Waals surface area contributed by atoms with Crippen molar-refractivity contribution in [2.24, 2.45) is 0 Å². The molecule has 22 heavy (non-hydrogen) atoms. The van der Waals surface area contributed by atoms with Gasteiger partial charge in [0.25, 0.3) is 0 Å². The number of rotatable bonds is 7. The normalized spacial score (nSPS) is 9.18. The molecule has 1 aromatic carbocycles. The third kappa shape index (κ3) is 9.10. The Balaban J connectivity index is 2.70. The van der Waals surface area contributed by atoms with E-state index in [2.05, 4.69) is 55.7 Å². The zero-order chi connectivity index (χ0) is 15.9. The number of benzene rings is 1. The van der Waals surface area contributed by atoms with Crippen molar-refractivity contribution < 1.29 is 0 Å². The predicted molar refractivity (Wildman–Crippen MR) is 98.3 cm³/mol. The summed E-state index contributed by atoms with van der Waals surface area (Å²) < 4.78 is 0. The lowest BCUT2D eigenvalue weighted by atomic mass is 10.1. The van der Waals surface area contributed by atoms with E-state index >= 15 is 0 Å². The standard InChI is InChI=1S/C22H28/c1-3-5-7-9-12-16-21(17-13-10-8-6-4-2)20-22-18-14-11-15-19-22/h11,14-15,18-20H,3-10H2,1-2H3. The first kappa shape index (κ1) is 18.1. The SMILES string of the molecule is CCCCCC#CC(C#CCCCCC)=Cc1ccccc1. The second-order valence-electron chi connectivity index (χ2n) is 5.49. The monoisotopic (exact) mass is 292 g/mol. The van der Waals surface area contributed by atoms with Gasteiger partial charge in [-0.05, 0) is 24.5 Å². The van der Waals surface area contributed by atoms with Crippen LogP contribution in [0.1, 0.15) is 70.8 Å². The number of hydrogen-bond acceptors (Lipinski definition) is 0. The zero-order valence-electron chi connectivity index (χ0n) is 14.1. The van der Waals surface area contributed by atoms with Gasteiger partial charge in [0, 0.05) is 12.8 Å². The van der Waals surface area contributed by atoms with E-state index < -0.39 is 0 Å². The molecule has 0 aliphatic rings. The lowest BCUT2D eigenvalue weighted by Crippen LogP contribution is -1.78. The summed E-state index contributed by atoms with van der Waals surface area (Å²) in [5.74, 6) is 13.1. The van der Waals surface area contributed by atoms with E-state index in [1.807, 2.05) is 18.2 Å². The molecule has 0 aliphatic heterocycles. The average molecular weight is 292 g/mol. The molecule has 0 spiro atoms. The van der Waals surface area contributed by atoms with Gasteiger partial charge in [0.05, 0.1) is 5.57 Å². The topological polar surface area (TPSA) is 0 Å². The Morgan fingerprint density at radius 1 is 0.818 bits per heavy atom. The van der Waals surface area contributed by atoms with Gasteiger partial charge >= 0.3 is 0 Å². The molecule has 0 nitrogen and oxygen atoms in total. The summed E-state index contributed by atoms with van der Waals surface area (Å²) >= 11 is 0. The van der Waals surface area contributed by atoms with Gasteiger partial charge in [0.15, 0.2) is 0 Å². The molecule has 0 atom stereocenters. The van der Waals surface area contributed by atoms with E-state index in [1.165, 1.54) is 44.1 Å². The van der Waals surface area contributed by atoms with Crippen LogP contribution in [0.25, 0.3) is 6.08 Å². The average Bonchev–Trinajstić information content (AvgIpc) is 2.55. The first-order valence-corrected chi connectivity index (χ1v) is 8.61. The largest absolute Gasteiger partial charge is 0.0972 e. The van der Waals surface area contributed by atoms with Crippen molar-refractivity contribution >= 4 is 6.08 Å². The Hall–Kier alpha value is -1.92. The number of hydrogen-bond donors (Lipinski definition) is 0. The summed E-state index contributed by atoms with van der Waals surface area (Å²) in [6.07, 6.45) is 11.4. The molecule has 0 fully saturated rings. The Morgan fingerprint density at radius 2 is 1.36 bits per heavy atom. The molecule has 0 bridgehead atoms. The smallest absolute Gasteiger partial charge is 0.0749 e. The van der Waals surface area contributed by atoms with Gasteiger partial charge < -0.3 is 0 Å². The maximum absolute atomic E-state index is 3.27. The van der Waals surface area contributed by atoms with Gasteiger partial charge in [-0.15, -0.1) is 0 Å². The highest BCUT2D eigenvalue weighted by Gasteiger charge is 1.90. The second kappa shape index (κ2) is 12.8. The van der Waals surface area contributed by atoms with Crippen molar-refractivity contribution in [3.63, 3.8) is 0 Å². The van der Waals surface area contributed by atoms with Crippen molar-refractivity contribution in [2.45, 2.75) is 65.2 Å². The first-order valence-electron chi connectivity index (χ1n) is 8.61. The van der Waals surface area contributed by atoms with E-state index in [9.17, 15) is 0 Å². The fourth-order valence-electron chi connectivity index (χ4n) is 2.06. The molecule has 0 saturated heterocycles. The van der Waals surface area contributed by atoms with E-state index in [0.717, 1.165) is 18.4 Å². The van der Waals surface area contributed by atoms with Crippen LogP contribution in [0.2, 0.25) is 0 Å². The minimum absolute atomic E-state index is 0.944. The fraction of sp³-hybridized carbons (Fsp3) is 0.455. The third-order valence-corrected chi connectivity index (χ3v) is 3.37. The molecule has 0 aliphatic carbocycles. The summed E-state index contributed by atoms with van der Waals surface area (Å²) in [5.41, 5.74) is 2.11. The number of unbranched alkanes of at least 4 members (excludes halogenated alkanes) is 6. The highest BCUT2D eigenvalue weighted by Crippen LogP contribution is 2.06. The quantitative estimate of drug-likeness (QED) is 0.412. The molecule has 0 aromatic heterocycles. The molecule has 0 radical (unpaired) electrons. The maximum Gasteiger partial charge on any atom is 0.0749 e. The van der Waals surface area contributed by atoms with E-state index in [1.54, 1.807) is 0 Å². The highest BCUT2D eigenvalue weighted by atomic mass is 13.9. The lowest BCUT2D eigenvalue weighted by molar-refractivity contribution is 0.737. The first-order chi connectivity index (χ1) is 10.9. The van der Waals surface area contributed by atoms with E-state index in [-0.39, 0.29) is 0 Å². The minimum atomic E-state index is 0.944. The Labute approximate surface area is 137 Å². The number of allylic oxidation sites excluding steroid dienone is 1. The molecule has 0 saturated carbocycles. The molecular formula is C22H28. The summed E-state index contributed by atoms with van der Waals surface area (Å²) in [4.78, 5) is 0. The molecule has 0 heteroatoms. The molecule has 0 amide bonds. The summed E-state index contributed by atoms with van der Waals surface area (Å²) in [7, 11) is 0. The summed E-state index contributed by atoms with van der Waals surface area (Å²) in [5, 5.41) is 0. The molecular weight excluding hydrogens is 264 g/mol. The summed E-state index contributed by atoms with van der Waals surface area (Å²) in [6.45, 7) is 4.44. The minimum Gasteiger partial charge on any atom is -0.0972 e. The highest BCUT2D eigenvalue weighted by molar-refractivity contribution is 5.64. The van der Waals surface area contributed by atoms with Crippen molar-refractivity contribution in [3.8, 4) is 23.7 Å². The van der Waals surface area contributed by atoms with Gasteiger partial charge in [-0.1, -0.05) is 93.5 Å². The van der Waals surface area contributed by atoms with Crippen LogP contribution in [0.15, 0.2) is 35.9 Å². The summed E-state index contributed by atoms with van der Waals surface area (Å²) in [6, 6.07) is 10.3. The van der Waals surface area contributed by atoms with Gasteiger partial charge in [-0.2, -0.15) is 0 Å². The molecule has 1 aromatic rings. The van der Waals surface area contributed by atoms with Gasteiger partial charge in [-0.3, -0.25) is 0 Å². The zero-order valence-corrected chi connectivity index (χ0v) is 14.1. The molecule has 0 heterocycles. The van der Waals surface area contributed by atoms with Crippen LogP contribution < -0.4 is 0 Å². The fourth-order valence-corrected chi connectivity index (χ4v) is 2.06. The van der Waals surface area contributed by atoms with Crippen LogP contribution in [-0.2, 0) is 0 Å². The Morgan fingerprint density at radius 3 is 1.86 bits per heavy atom. The van der Waals surface area contributed by atoms with Crippen LogP contribution in [-0.4, -0.2) is 0 Å². The predicted octanol–water partition coefficient (Wildman–Crippen LogP) is 6.24. The van der Waals surface area contributed by atoms with Crippen molar-refractivity contribution in [1.29, 1.82) is 0 Å². The molecule has 116 valence electrons. The Bertz CT molecular complexity index is 510. The van der Waals surface area contributed by atoms with Crippen molar-refractivity contribution in [3.05, 3.63) is 41.5 Å². The van der Waals surface area contributed by atoms with E-state index in [0.29, 0.717) is 0 Å². The van der Waals surface area contributed by atoms with Gasteiger partial charge in [0.2, 0.25) is 0 Å². The van der Waals surface area contributed by atoms with Crippen molar-refractivity contribution in [2.75, 3.05) is 0 Å². The molecule has 1 rings (SSSR count). The van der Waals surface area contributed by atoms with Crippen molar-refractivity contribution in [1.82, 2.24) is 0 Å². The molecule has 0 N–H and O–H groups in total. The van der Waals surface area contributed by atoms with Gasteiger partial charge in [-0.25, -0.2) is 0 Å². The second-order valence-corrected chi connectivity index (χ2v) is 5.49. The van der Waals surface area contributed by atoms with Crippen LogP contribution in [0.5, 0.6) is 0 Å². The van der Waals surface area contributed by atoms with Crippen LogP contribution >= 0.6 is 0 Å². The Kier molecular flexibility index (Phi) is 10.5. The maximum atomic E-state index is 3.27.